The summed E-state index contributed by atoms with van der Waals surface area (Å²) in [5.74, 6) is 0.179. The molecule has 142 valence electrons. The van der Waals surface area contributed by atoms with Crippen molar-refractivity contribution in [2.75, 3.05) is 32.9 Å². The first-order valence-corrected chi connectivity index (χ1v) is 9.56. The van der Waals surface area contributed by atoms with E-state index in [1.807, 2.05) is 30.4 Å². The van der Waals surface area contributed by atoms with Crippen LogP contribution in [-0.2, 0) is 14.3 Å². The molecule has 5 nitrogen and oxygen atoms in total. The lowest BCUT2D eigenvalue weighted by atomic mass is 9.94. The molecule has 1 aromatic carbocycles. The van der Waals surface area contributed by atoms with Gasteiger partial charge in [0.1, 0.15) is 6.29 Å². The highest BCUT2D eigenvalue weighted by atomic mass is 16.5. The minimum atomic E-state index is -0.409. The van der Waals surface area contributed by atoms with Crippen LogP contribution in [0.3, 0.4) is 0 Å². The Morgan fingerprint density at radius 1 is 1.23 bits per heavy atom. The Kier molecular flexibility index (Phi) is 7.38. The zero-order valence-corrected chi connectivity index (χ0v) is 15.2. The summed E-state index contributed by atoms with van der Waals surface area (Å²) >= 11 is 0. The Bertz CT molecular complexity index is 571. The quantitative estimate of drug-likeness (QED) is 0.721. The second kappa shape index (κ2) is 9.97. The van der Waals surface area contributed by atoms with Gasteiger partial charge in [-0.25, -0.2) is 0 Å². The van der Waals surface area contributed by atoms with Gasteiger partial charge in [-0.2, -0.15) is 0 Å². The van der Waals surface area contributed by atoms with E-state index in [4.69, 9.17) is 9.47 Å². The second-order valence-corrected chi connectivity index (χ2v) is 7.03. The second-order valence-electron chi connectivity index (χ2n) is 7.03. The van der Waals surface area contributed by atoms with Crippen LogP contribution < -0.4 is 0 Å². The Morgan fingerprint density at radius 3 is 2.73 bits per heavy atom. The van der Waals surface area contributed by atoms with E-state index in [-0.39, 0.29) is 18.1 Å². The number of nitrogens with zero attached hydrogens (tertiary/aromatic N) is 1. The van der Waals surface area contributed by atoms with Crippen LogP contribution in [0.4, 0.5) is 0 Å². The number of hydrogen-bond donors (Lipinski definition) is 1. The number of benzene rings is 1. The first-order chi connectivity index (χ1) is 12.8. The topological polar surface area (TPSA) is 59.0 Å². The average molecular weight is 359 g/mol. The lowest BCUT2D eigenvalue weighted by molar-refractivity contribution is -0.108. The van der Waals surface area contributed by atoms with Crippen LogP contribution in [0.25, 0.3) is 6.08 Å². The van der Waals surface area contributed by atoms with E-state index in [0.717, 1.165) is 31.4 Å². The Balaban J connectivity index is 1.59. The predicted octanol–water partition coefficient (Wildman–Crippen LogP) is 2.15. The van der Waals surface area contributed by atoms with Gasteiger partial charge in [0.25, 0.3) is 0 Å². The van der Waals surface area contributed by atoms with Gasteiger partial charge in [-0.1, -0.05) is 42.5 Å². The third-order valence-corrected chi connectivity index (χ3v) is 5.39. The Morgan fingerprint density at radius 2 is 2.00 bits per heavy atom. The fourth-order valence-electron chi connectivity index (χ4n) is 4.18. The van der Waals surface area contributed by atoms with Gasteiger partial charge in [0, 0.05) is 37.9 Å². The van der Waals surface area contributed by atoms with Crippen molar-refractivity contribution in [2.24, 2.45) is 5.92 Å². The molecule has 2 fully saturated rings. The maximum Gasteiger partial charge on any atom is 0.120 e. The van der Waals surface area contributed by atoms with Gasteiger partial charge in [0.05, 0.1) is 32.0 Å². The minimum absolute atomic E-state index is 0.0155. The average Bonchev–Trinajstić information content (AvgIpc) is 3.00. The zero-order chi connectivity index (χ0) is 18.2. The molecule has 1 heterocycles. The van der Waals surface area contributed by atoms with Crippen LogP contribution in [0.2, 0.25) is 0 Å². The summed E-state index contributed by atoms with van der Waals surface area (Å²) in [4.78, 5) is 13.2. The van der Waals surface area contributed by atoms with E-state index in [0.29, 0.717) is 32.7 Å². The normalized spacial score (nSPS) is 30.0. The largest absolute Gasteiger partial charge is 0.391 e. The fraction of sp³-hybridized carbons (Fsp3) is 0.571. The van der Waals surface area contributed by atoms with Crippen molar-refractivity contribution in [3.8, 4) is 0 Å². The first kappa shape index (κ1) is 19.2. The lowest BCUT2D eigenvalue weighted by Crippen LogP contribution is -2.50. The van der Waals surface area contributed by atoms with Crippen LogP contribution in [-0.4, -0.2) is 67.5 Å². The van der Waals surface area contributed by atoms with Gasteiger partial charge in [-0.05, 0) is 12.0 Å². The van der Waals surface area contributed by atoms with Crippen molar-refractivity contribution in [2.45, 2.75) is 37.5 Å². The molecule has 0 spiro atoms. The summed E-state index contributed by atoms with van der Waals surface area (Å²) in [6.45, 7) is 3.59. The molecule has 1 aliphatic carbocycles. The van der Waals surface area contributed by atoms with Crippen molar-refractivity contribution >= 4 is 12.4 Å². The summed E-state index contributed by atoms with van der Waals surface area (Å²) in [7, 11) is 0. The highest BCUT2D eigenvalue weighted by Gasteiger charge is 2.45. The molecule has 0 unspecified atom stereocenters. The highest BCUT2D eigenvalue weighted by molar-refractivity contribution is 5.49. The van der Waals surface area contributed by atoms with E-state index in [9.17, 15) is 9.90 Å². The van der Waals surface area contributed by atoms with Crippen LogP contribution in [0.1, 0.15) is 24.8 Å². The Labute approximate surface area is 155 Å². The van der Waals surface area contributed by atoms with Crippen molar-refractivity contribution in [1.29, 1.82) is 0 Å². The summed E-state index contributed by atoms with van der Waals surface area (Å²) in [5, 5.41) is 10.6. The maximum atomic E-state index is 10.9. The molecule has 2 aliphatic rings. The number of aldehydes is 1. The molecule has 1 saturated heterocycles. The van der Waals surface area contributed by atoms with Crippen molar-refractivity contribution in [1.82, 2.24) is 4.90 Å². The van der Waals surface area contributed by atoms with Crippen LogP contribution in [0, 0.1) is 5.92 Å². The molecule has 26 heavy (non-hydrogen) atoms. The summed E-state index contributed by atoms with van der Waals surface area (Å²) < 4.78 is 11.5. The minimum Gasteiger partial charge on any atom is -0.391 e. The van der Waals surface area contributed by atoms with Crippen LogP contribution >= 0.6 is 0 Å². The molecule has 0 aromatic heterocycles. The predicted molar refractivity (Wildman–Crippen MR) is 101 cm³/mol. The number of carbonyl (C=O) groups excluding carboxylic acids is 1. The van der Waals surface area contributed by atoms with Crippen LogP contribution in [0.15, 0.2) is 36.4 Å². The third-order valence-electron chi connectivity index (χ3n) is 5.39. The summed E-state index contributed by atoms with van der Waals surface area (Å²) in [6, 6.07) is 10.2. The van der Waals surface area contributed by atoms with Gasteiger partial charge < -0.3 is 19.4 Å². The van der Waals surface area contributed by atoms with Gasteiger partial charge >= 0.3 is 0 Å². The highest BCUT2D eigenvalue weighted by Crippen LogP contribution is 2.36. The van der Waals surface area contributed by atoms with E-state index in [1.165, 1.54) is 0 Å². The fourth-order valence-corrected chi connectivity index (χ4v) is 4.18. The Hall–Kier alpha value is -1.53. The number of aliphatic hydroxyl groups is 1. The number of aliphatic hydroxyl groups excluding tert-OH is 1. The van der Waals surface area contributed by atoms with Gasteiger partial charge in [0.2, 0.25) is 0 Å². The van der Waals surface area contributed by atoms with E-state index >= 15 is 0 Å². The summed E-state index contributed by atoms with van der Waals surface area (Å²) in [5.41, 5.74) is 1.14. The maximum absolute atomic E-state index is 10.9. The molecule has 0 amide bonds. The standard InChI is InChI=1S/C21H29NO4/c23-12-4-9-18-20(26-13-5-8-17-6-2-1-3-7-17)16-19(24)21(18)22-10-14-25-15-11-22/h1-3,5-8,12,18-21,24H,4,9-11,13-16H2/t18-,19+,20-,21+/m1/s1. The molecule has 0 bridgehead atoms. The van der Waals surface area contributed by atoms with E-state index in [1.54, 1.807) is 0 Å². The van der Waals surface area contributed by atoms with Gasteiger partial charge in [-0.15, -0.1) is 0 Å². The number of ether oxygens (including phenoxy) is 2. The third kappa shape index (κ3) is 5.01. The molecular formula is C21H29NO4. The number of hydrogen-bond acceptors (Lipinski definition) is 5. The van der Waals surface area contributed by atoms with E-state index in [2.05, 4.69) is 17.0 Å². The zero-order valence-electron chi connectivity index (χ0n) is 15.2. The molecular weight excluding hydrogens is 330 g/mol. The van der Waals surface area contributed by atoms with Crippen molar-refractivity contribution < 1.29 is 19.4 Å². The molecule has 1 saturated carbocycles. The molecule has 4 atom stereocenters. The molecule has 1 aliphatic heterocycles. The van der Waals surface area contributed by atoms with E-state index < -0.39 is 6.10 Å². The number of rotatable bonds is 8. The molecule has 5 heteroatoms. The van der Waals surface area contributed by atoms with Gasteiger partial charge in [0.15, 0.2) is 0 Å². The summed E-state index contributed by atoms with van der Waals surface area (Å²) in [6.07, 6.45) is 6.50. The molecule has 0 radical (unpaired) electrons. The lowest BCUT2D eigenvalue weighted by Gasteiger charge is -2.37. The SMILES string of the molecule is O=CCC[C@H]1[C@H](N2CCOCC2)[C@@H](O)C[C@H]1OCC=Cc1ccccc1. The monoisotopic (exact) mass is 359 g/mol. The first-order valence-electron chi connectivity index (χ1n) is 9.56. The smallest absolute Gasteiger partial charge is 0.120 e. The van der Waals surface area contributed by atoms with Crippen LogP contribution in [0.5, 0.6) is 0 Å². The van der Waals surface area contributed by atoms with Gasteiger partial charge in [-0.3, -0.25) is 4.90 Å². The van der Waals surface area contributed by atoms with Crippen molar-refractivity contribution in [3.05, 3.63) is 42.0 Å². The molecule has 3 rings (SSSR count). The molecule has 1 N–H and O–H groups in total. The van der Waals surface area contributed by atoms with Crippen molar-refractivity contribution in [3.63, 3.8) is 0 Å². The number of carbonyl (C=O) groups is 1. The number of morpholine rings is 1. The molecule has 1 aromatic rings.